The largest absolute Gasteiger partial charge is 0.0654 e. The number of unbranched alkanes of at least 4 members (excludes halogenated alkanes) is 4. The van der Waals surface area contributed by atoms with Crippen molar-refractivity contribution in [3.05, 3.63) is 70.8 Å². The molecule has 0 heteroatoms. The van der Waals surface area contributed by atoms with E-state index in [1.165, 1.54) is 68.9 Å². The summed E-state index contributed by atoms with van der Waals surface area (Å²) in [5, 5.41) is 0. The average molecular weight is 361 g/mol. The molecule has 27 heavy (non-hydrogen) atoms. The van der Waals surface area contributed by atoms with E-state index in [-0.39, 0.29) is 0 Å². The van der Waals surface area contributed by atoms with E-state index in [1.807, 2.05) is 0 Å². The predicted octanol–water partition coefficient (Wildman–Crippen LogP) is 7.58. The molecule has 0 aromatic heterocycles. The fraction of sp³-hybridized carbons (Fsp3) is 0.481. The Morgan fingerprint density at radius 3 is 1.56 bits per heavy atom. The Bertz CT molecular complexity index is 692. The van der Waals surface area contributed by atoms with E-state index < -0.39 is 0 Å². The van der Waals surface area contributed by atoms with Gasteiger partial charge in [-0.15, -0.1) is 0 Å². The van der Waals surface area contributed by atoms with Gasteiger partial charge < -0.3 is 0 Å². The third kappa shape index (κ3) is 8.96. The average Bonchev–Trinajstić information content (AvgIpc) is 2.69. The molecule has 144 valence electrons. The van der Waals surface area contributed by atoms with Crippen LogP contribution in [0.25, 0.3) is 0 Å². The summed E-state index contributed by atoms with van der Waals surface area (Å²) in [5.74, 6) is 7.42. The van der Waals surface area contributed by atoms with Crippen molar-refractivity contribution in [2.75, 3.05) is 0 Å². The van der Waals surface area contributed by atoms with Gasteiger partial charge in [-0.2, -0.15) is 0 Å². The quantitative estimate of drug-likeness (QED) is 0.302. The fourth-order valence-corrected chi connectivity index (χ4v) is 3.29. The molecule has 0 aliphatic carbocycles. The number of hydrogen-bond donors (Lipinski definition) is 0. The van der Waals surface area contributed by atoms with Gasteiger partial charge >= 0.3 is 0 Å². The molecule has 0 nitrogen and oxygen atoms in total. The lowest BCUT2D eigenvalue weighted by Gasteiger charge is -2.04. The van der Waals surface area contributed by atoms with Crippen LogP contribution in [0.3, 0.4) is 0 Å². The van der Waals surface area contributed by atoms with Crippen molar-refractivity contribution in [2.45, 2.75) is 78.6 Å². The second kappa shape index (κ2) is 12.4. The molecule has 0 saturated heterocycles. The van der Waals surface area contributed by atoms with E-state index in [9.17, 15) is 0 Å². The molecule has 0 atom stereocenters. The topological polar surface area (TPSA) is 0 Å². The number of benzene rings is 2. The fourth-order valence-electron chi connectivity index (χ4n) is 3.29. The molecule has 0 saturated carbocycles. The van der Waals surface area contributed by atoms with Gasteiger partial charge in [0.15, 0.2) is 0 Å². The van der Waals surface area contributed by atoms with Gasteiger partial charge in [-0.3, -0.25) is 0 Å². The van der Waals surface area contributed by atoms with E-state index in [0.29, 0.717) is 0 Å². The maximum Gasteiger partial charge on any atom is 0.0249 e. The SMILES string of the molecule is CCCCCCc1ccc(C#Cc2ccc(CCCCC(C)C)cc2)cc1. The highest BCUT2D eigenvalue weighted by Gasteiger charge is 1.97. The highest BCUT2D eigenvalue weighted by atomic mass is 14.0. The van der Waals surface area contributed by atoms with Crippen LogP contribution in [0.5, 0.6) is 0 Å². The lowest BCUT2D eigenvalue weighted by atomic mass is 10.0. The first-order valence-electron chi connectivity index (χ1n) is 10.9. The summed E-state index contributed by atoms with van der Waals surface area (Å²) in [7, 11) is 0. The summed E-state index contributed by atoms with van der Waals surface area (Å²) in [6, 6.07) is 17.6. The van der Waals surface area contributed by atoms with Gasteiger partial charge in [0.25, 0.3) is 0 Å². The molecule has 0 bridgehead atoms. The van der Waals surface area contributed by atoms with Crippen molar-refractivity contribution in [3.63, 3.8) is 0 Å². The van der Waals surface area contributed by atoms with E-state index in [4.69, 9.17) is 0 Å². The van der Waals surface area contributed by atoms with Crippen LogP contribution in [0.4, 0.5) is 0 Å². The van der Waals surface area contributed by atoms with Crippen LogP contribution in [-0.4, -0.2) is 0 Å². The molecular weight excluding hydrogens is 324 g/mol. The highest BCUT2D eigenvalue weighted by Crippen LogP contribution is 2.12. The Hall–Kier alpha value is -2.00. The Labute approximate surface area is 167 Å². The third-order valence-electron chi connectivity index (χ3n) is 5.07. The molecule has 0 fully saturated rings. The summed E-state index contributed by atoms with van der Waals surface area (Å²) < 4.78 is 0. The molecular formula is C27H36. The Kier molecular flexibility index (Phi) is 9.78. The second-order valence-electron chi connectivity index (χ2n) is 8.09. The van der Waals surface area contributed by atoms with Crippen molar-refractivity contribution in [3.8, 4) is 11.8 Å². The molecule has 0 amide bonds. The summed E-state index contributed by atoms with van der Waals surface area (Å²) in [6.07, 6.45) is 11.6. The van der Waals surface area contributed by atoms with E-state index in [2.05, 4.69) is 81.1 Å². The van der Waals surface area contributed by atoms with Gasteiger partial charge in [0.1, 0.15) is 0 Å². The van der Waals surface area contributed by atoms with Gasteiger partial charge in [0.05, 0.1) is 0 Å². The van der Waals surface area contributed by atoms with Crippen LogP contribution in [0.2, 0.25) is 0 Å². The van der Waals surface area contributed by atoms with Crippen LogP contribution in [0.1, 0.15) is 88.0 Å². The van der Waals surface area contributed by atoms with Crippen molar-refractivity contribution < 1.29 is 0 Å². The molecule has 0 radical (unpaired) electrons. The molecule has 2 aromatic carbocycles. The zero-order valence-corrected chi connectivity index (χ0v) is 17.6. The van der Waals surface area contributed by atoms with Crippen LogP contribution in [-0.2, 0) is 12.8 Å². The highest BCUT2D eigenvalue weighted by molar-refractivity contribution is 5.44. The summed E-state index contributed by atoms with van der Waals surface area (Å²) in [5.41, 5.74) is 5.06. The normalized spacial score (nSPS) is 10.7. The van der Waals surface area contributed by atoms with Gasteiger partial charge in [-0.05, 0) is 67.0 Å². The van der Waals surface area contributed by atoms with Gasteiger partial charge in [0, 0.05) is 11.1 Å². The Morgan fingerprint density at radius 1 is 0.630 bits per heavy atom. The maximum atomic E-state index is 3.30. The zero-order chi connectivity index (χ0) is 19.3. The molecule has 0 aliphatic rings. The first-order chi connectivity index (χ1) is 13.2. The molecule has 0 heterocycles. The lowest BCUT2D eigenvalue weighted by Crippen LogP contribution is -1.90. The summed E-state index contributed by atoms with van der Waals surface area (Å²) >= 11 is 0. The second-order valence-corrected chi connectivity index (χ2v) is 8.09. The van der Waals surface area contributed by atoms with Gasteiger partial charge in [0.2, 0.25) is 0 Å². The maximum absolute atomic E-state index is 3.30. The molecule has 0 spiro atoms. The Morgan fingerprint density at radius 2 is 1.11 bits per heavy atom. The lowest BCUT2D eigenvalue weighted by molar-refractivity contribution is 0.538. The van der Waals surface area contributed by atoms with Gasteiger partial charge in [-0.1, -0.05) is 89.0 Å². The minimum atomic E-state index is 0.817. The van der Waals surface area contributed by atoms with E-state index >= 15 is 0 Å². The Balaban J connectivity index is 1.80. The van der Waals surface area contributed by atoms with E-state index in [1.54, 1.807) is 0 Å². The number of rotatable bonds is 10. The summed E-state index contributed by atoms with van der Waals surface area (Å²) in [4.78, 5) is 0. The molecule has 2 aromatic rings. The van der Waals surface area contributed by atoms with Crippen LogP contribution in [0, 0.1) is 17.8 Å². The van der Waals surface area contributed by atoms with Crippen LogP contribution in [0.15, 0.2) is 48.5 Å². The van der Waals surface area contributed by atoms with Crippen LogP contribution >= 0.6 is 0 Å². The van der Waals surface area contributed by atoms with Gasteiger partial charge in [-0.25, -0.2) is 0 Å². The zero-order valence-electron chi connectivity index (χ0n) is 17.6. The standard InChI is InChI=1S/C27H36/c1-4-5-6-7-11-24-13-17-26(18-14-24)21-22-27-19-15-25(16-20-27)12-9-8-10-23(2)3/h13-20,23H,4-12H2,1-3H3. The number of aryl methyl sites for hydroxylation is 2. The molecule has 0 aliphatic heterocycles. The van der Waals surface area contributed by atoms with Crippen molar-refractivity contribution in [2.24, 2.45) is 5.92 Å². The van der Waals surface area contributed by atoms with E-state index in [0.717, 1.165) is 17.0 Å². The summed E-state index contributed by atoms with van der Waals surface area (Å²) in [6.45, 7) is 6.86. The minimum absolute atomic E-state index is 0.817. The van der Waals surface area contributed by atoms with Crippen LogP contribution < -0.4 is 0 Å². The van der Waals surface area contributed by atoms with Crippen molar-refractivity contribution in [1.82, 2.24) is 0 Å². The first kappa shape index (κ1) is 21.3. The smallest absolute Gasteiger partial charge is 0.0249 e. The first-order valence-corrected chi connectivity index (χ1v) is 10.9. The molecule has 0 N–H and O–H groups in total. The predicted molar refractivity (Wildman–Crippen MR) is 119 cm³/mol. The minimum Gasteiger partial charge on any atom is -0.0654 e. The molecule has 2 rings (SSSR count). The van der Waals surface area contributed by atoms with Crippen molar-refractivity contribution >= 4 is 0 Å². The number of hydrogen-bond acceptors (Lipinski definition) is 0. The third-order valence-corrected chi connectivity index (χ3v) is 5.07. The molecule has 0 unspecified atom stereocenters. The van der Waals surface area contributed by atoms with Crippen molar-refractivity contribution in [1.29, 1.82) is 0 Å². The monoisotopic (exact) mass is 360 g/mol.